The molecule has 2 aromatic carbocycles. The second-order valence-electron chi connectivity index (χ2n) is 11.0. The lowest BCUT2D eigenvalue weighted by atomic mass is 9.88. The largest absolute Gasteiger partial charge is 0.491 e. The molecule has 1 N–H and O–H groups in total. The number of fused-ring (bicyclic) bond motifs is 1. The van der Waals surface area contributed by atoms with Crippen LogP contribution in [0.1, 0.15) is 66.7 Å². The first kappa shape index (κ1) is 28.6. The van der Waals surface area contributed by atoms with Crippen LogP contribution in [0.3, 0.4) is 0 Å². The molecule has 1 saturated carbocycles. The minimum absolute atomic E-state index is 0.0103. The van der Waals surface area contributed by atoms with Crippen molar-refractivity contribution in [2.45, 2.75) is 58.1 Å². The van der Waals surface area contributed by atoms with E-state index in [1.165, 1.54) is 6.42 Å². The van der Waals surface area contributed by atoms with Gasteiger partial charge in [-0.25, -0.2) is 0 Å². The third-order valence-electron chi connectivity index (χ3n) is 7.97. The van der Waals surface area contributed by atoms with Crippen LogP contribution in [0.15, 0.2) is 48.5 Å². The number of amides is 3. The van der Waals surface area contributed by atoms with Crippen LogP contribution >= 0.6 is 0 Å². The topological polar surface area (TPSA) is 88.2 Å². The van der Waals surface area contributed by atoms with Crippen molar-refractivity contribution < 1.29 is 23.9 Å². The van der Waals surface area contributed by atoms with Crippen molar-refractivity contribution in [3.63, 3.8) is 0 Å². The number of methoxy groups -OCH3 is 1. The van der Waals surface area contributed by atoms with E-state index in [1.807, 2.05) is 49.1 Å². The van der Waals surface area contributed by atoms with Crippen LogP contribution in [0.4, 0.5) is 5.69 Å². The minimum Gasteiger partial charge on any atom is -0.491 e. The summed E-state index contributed by atoms with van der Waals surface area (Å²) in [5.74, 6) is 0.111. The first-order chi connectivity index (χ1) is 18.8. The molecule has 8 heteroatoms. The molecule has 3 amide bonds. The lowest BCUT2D eigenvalue weighted by Crippen LogP contribution is -2.48. The maximum atomic E-state index is 13.6. The van der Waals surface area contributed by atoms with E-state index in [2.05, 4.69) is 5.32 Å². The fourth-order valence-electron chi connectivity index (χ4n) is 5.49. The molecule has 8 nitrogen and oxygen atoms in total. The summed E-state index contributed by atoms with van der Waals surface area (Å²) in [6.45, 7) is 4.98. The summed E-state index contributed by atoms with van der Waals surface area (Å²) in [6, 6.07) is 14.1. The number of anilines is 1. The number of carbonyl (C=O) groups excluding carboxylic acids is 3. The Morgan fingerprint density at radius 1 is 1.00 bits per heavy atom. The van der Waals surface area contributed by atoms with Crippen LogP contribution < -0.4 is 10.1 Å². The quantitative estimate of drug-likeness (QED) is 0.605. The molecule has 0 unspecified atom stereocenters. The van der Waals surface area contributed by atoms with Gasteiger partial charge in [-0.3, -0.25) is 14.4 Å². The molecule has 39 heavy (non-hydrogen) atoms. The Bertz CT molecular complexity index is 1150. The van der Waals surface area contributed by atoms with Crippen LogP contribution in [-0.4, -0.2) is 73.5 Å². The van der Waals surface area contributed by atoms with Gasteiger partial charge in [-0.15, -0.1) is 0 Å². The third-order valence-corrected chi connectivity index (χ3v) is 7.97. The van der Waals surface area contributed by atoms with Crippen molar-refractivity contribution in [2.75, 3.05) is 39.2 Å². The van der Waals surface area contributed by atoms with Crippen LogP contribution in [0, 0.1) is 11.8 Å². The number of rotatable bonds is 4. The number of benzene rings is 2. The van der Waals surface area contributed by atoms with Gasteiger partial charge in [0.25, 0.3) is 11.8 Å². The molecular formula is C31H41N3O5. The van der Waals surface area contributed by atoms with E-state index in [4.69, 9.17) is 9.47 Å². The third kappa shape index (κ3) is 6.98. The fourth-order valence-corrected chi connectivity index (χ4v) is 5.49. The smallest absolute Gasteiger partial charge is 0.257 e. The monoisotopic (exact) mass is 535 g/mol. The Labute approximate surface area is 231 Å². The normalized spacial score (nSPS) is 23.2. The lowest BCUT2D eigenvalue weighted by Gasteiger charge is -2.36. The summed E-state index contributed by atoms with van der Waals surface area (Å²) in [4.78, 5) is 43.4. The van der Waals surface area contributed by atoms with Gasteiger partial charge in [-0.2, -0.15) is 0 Å². The zero-order chi connectivity index (χ0) is 27.9. The Kier molecular flexibility index (Phi) is 9.62. The van der Waals surface area contributed by atoms with Gasteiger partial charge in [0.15, 0.2) is 0 Å². The molecule has 1 aliphatic heterocycles. The first-order valence-electron chi connectivity index (χ1n) is 14.0. The van der Waals surface area contributed by atoms with Gasteiger partial charge in [0.05, 0.1) is 17.7 Å². The average Bonchev–Trinajstić information content (AvgIpc) is 2.97. The SMILES string of the molecule is CO[C@@H]1CN(C)C(=O)c2ccc(NC(=O)C3CCCCC3)cc2OC[C@H](C)N(C(=O)c2ccccc2)C[C@H]1C. The molecule has 0 aromatic heterocycles. The molecule has 0 radical (unpaired) electrons. The number of likely N-dealkylation sites (N-methyl/N-ethyl adjacent to an activating group) is 1. The number of ether oxygens (including phenoxy) is 2. The van der Waals surface area contributed by atoms with E-state index in [9.17, 15) is 14.4 Å². The van der Waals surface area contributed by atoms with E-state index in [0.29, 0.717) is 35.7 Å². The number of nitrogens with one attached hydrogen (secondary N) is 1. The molecule has 2 aliphatic rings. The van der Waals surface area contributed by atoms with Crippen molar-refractivity contribution in [2.24, 2.45) is 11.8 Å². The summed E-state index contributed by atoms with van der Waals surface area (Å²) < 4.78 is 12.0. The number of nitrogens with zero attached hydrogens (tertiary/aromatic N) is 2. The van der Waals surface area contributed by atoms with Gasteiger partial charge < -0.3 is 24.6 Å². The molecule has 1 fully saturated rings. The minimum atomic E-state index is -0.279. The summed E-state index contributed by atoms with van der Waals surface area (Å²) >= 11 is 0. The standard InChI is InChI=1S/C31H41N3O5/c1-21-18-34(30(36)24-13-9-6-10-14-24)22(2)20-39-27-17-25(32-29(35)23-11-7-5-8-12-23)15-16-26(27)31(37)33(3)19-28(21)38-4/h6,9-10,13-17,21-23,28H,5,7-8,11-12,18-20H2,1-4H3,(H,32,35)/t21-,22+,28-/m1/s1. The Morgan fingerprint density at radius 3 is 2.41 bits per heavy atom. The summed E-state index contributed by atoms with van der Waals surface area (Å²) in [5.41, 5.74) is 1.61. The highest BCUT2D eigenvalue weighted by molar-refractivity contribution is 5.99. The van der Waals surface area contributed by atoms with Gasteiger partial charge >= 0.3 is 0 Å². The Balaban J connectivity index is 1.63. The number of hydrogen-bond acceptors (Lipinski definition) is 5. The lowest BCUT2D eigenvalue weighted by molar-refractivity contribution is -0.120. The number of carbonyl (C=O) groups is 3. The van der Waals surface area contributed by atoms with Gasteiger partial charge in [-0.05, 0) is 44.0 Å². The highest BCUT2D eigenvalue weighted by Crippen LogP contribution is 2.29. The predicted octanol–water partition coefficient (Wildman–Crippen LogP) is 4.85. The highest BCUT2D eigenvalue weighted by Gasteiger charge is 2.31. The summed E-state index contributed by atoms with van der Waals surface area (Å²) in [5, 5.41) is 3.03. The van der Waals surface area contributed by atoms with E-state index < -0.39 is 0 Å². The van der Waals surface area contributed by atoms with Crippen molar-refractivity contribution in [3.8, 4) is 5.75 Å². The van der Waals surface area contributed by atoms with Gasteiger partial charge in [0.1, 0.15) is 12.4 Å². The second kappa shape index (κ2) is 13.1. The maximum Gasteiger partial charge on any atom is 0.257 e. The maximum absolute atomic E-state index is 13.6. The van der Waals surface area contributed by atoms with E-state index in [1.54, 1.807) is 37.3 Å². The van der Waals surface area contributed by atoms with Gasteiger partial charge in [0, 0.05) is 56.4 Å². The molecule has 4 rings (SSSR count). The van der Waals surface area contributed by atoms with E-state index in [0.717, 1.165) is 25.7 Å². The molecule has 210 valence electrons. The highest BCUT2D eigenvalue weighted by atomic mass is 16.5. The zero-order valence-corrected chi connectivity index (χ0v) is 23.5. The molecule has 2 aromatic rings. The molecule has 0 spiro atoms. The van der Waals surface area contributed by atoms with Crippen molar-refractivity contribution in [1.29, 1.82) is 0 Å². The Morgan fingerprint density at radius 2 is 1.72 bits per heavy atom. The molecule has 0 saturated heterocycles. The van der Waals surface area contributed by atoms with Gasteiger partial charge in [0.2, 0.25) is 5.91 Å². The van der Waals surface area contributed by atoms with E-state index in [-0.39, 0.29) is 48.3 Å². The van der Waals surface area contributed by atoms with Gasteiger partial charge in [-0.1, -0.05) is 44.4 Å². The Hall–Kier alpha value is -3.39. The second-order valence-corrected chi connectivity index (χ2v) is 11.0. The van der Waals surface area contributed by atoms with Crippen molar-refractivity contribution in [3.05, 3.63) is 59.7 Å². The zero-order valence-electron chi connectivity index (χ0n) is 23.5. The van der Waals surface area contributed by atoms with Crippen LogP contribution in [0.25, 0.3) is 0 Å². The van der Waals surface area contributed by atoms with Crippen molar-refractivity contribution in [1.82, 2.24) is 9.80 Å². The molecule has 0 bridgehead atoms. The average molecular weight is 536 g/mol. The number of hydrogen-bond donors (Lipinski definition) is 1. The van der Waals surface area contributed by atoms with E-state index >= 15 is 0 Å². The van der Waals surface area contributed by atoms with Crippen LogP contribution in [0.2, 0.25) is 0 Å². The van der Waals surface area contributed by atoms with Crippen LogP contribution in [0.5, 0.6) is 5.75 Å². The first-order valence-corrected chi connectivity index (χ1v) is 14.0. The summed E-state index contributed by atoms with van der Waals surface area (Å²) in [7, 11) is 3.38. The van der Waals surface area contributed by atoms with Crippen LogP contribution in [-0.2, 0) is 9.53 Å². The summed E-state index contributed by atoms with van der Waals surface area (Å²) in [6.07, 6.45) is 4.86. The fraction of sp³-hybridized carbons (Fsp3) is 0.516. The molecule has 1 aliphatic carbocycles. The molecular weight excluding hydrogens is 494 g/mol. The van der Waals surface area contributed by atoms with Crippen molar-refractivity contribution >= 4 is 23.4 Å². The molecule has 3 atom stereocenters. The molecule has 1 heterocycles. The predicted molar refractivity (Wildman–Crippen MR) is 151 cm³/mol.